The van der Waals surface area contributed by atoms with Crippen molar-refractivity contribution in [3.05, 3.63) is 41.2 Å². The predicted octanol–water partition coefficient (Wildman–Crippen LogP) is 6.14. The summed E-state index contributed by atoms with van der Waals surface area (Å²) in [5, 5.41) is 11.1. The average molecular weight is 391 g/mol. The highest BCUT2D eigenvalue weighted by Crippen LogP contribution is 2.43. The van der Waals surface area contributed by atoms with Crippen LogP contribution >= 0.6 is 0 Å². The zero-order valence-corrected chi connectivity index (χ0v) is 18.8. The molecule has 0 saturated carbocycles. The smallest absolute Gasteiger partial charge is 0.372 e. The molecule has 158 valence electrons. The molecule has 28 heavy (non-hydrogen) atoms. The number of phenols is 1. The molecule has 0 bridgehead atoms. The van der Waals surface area contributed by atoms with Crippen molar-refractivity contribution < 1.29 is 19.4 Å². The number of carbonyl (C=O) groups excluding carboxylic acids is 1. The summed E-state index contributed by atoms with van der Waals surface area (Å²) in [6.07, 6.45) is 3.99. The van der Waals surface area contributed by atoms with Gasteiger partial charge in [-0.25, -0.2) is 4.79 Å². The number of hydrogen-bond acceptors (Lipinski definition) is 4. The predicted molar refractivity (Wildman–Crippen MR) is 115 cm³/mol. The molecule has 1 N–H and O–H groups in total. The summed E-state index contributed by atoms with van der Waals surface area (Å²) in [4.78, 5) is 11.8. The van der Waals surface area contributed by atoms with Crippen LogP contribution < -0.4 is 0 Å². The monoisotopic (exact) mass is 390 g/mol. The van der Waals surface area contributed by atoms with Crippen LogP contribution in [0.15, 0.2) is 24.5 Å². The molecule has 0 fully saturated rings. The van der Waals surface area contributed by atoms with E-state index < -0.39 is 5.97 Å². The van der Waals surface area contributed by atoms with Crippen molar-refractivity contribution in [3.63, 3.8) is 0 Å². The minimum atomic E-state index is -0.542. The molecular weight excluding hydrogens is 352 g/mol. The normalized spacial score (nSPS) is 12.0. The minimum Gasteiger partial charge on any atom is -0.507 e. The zero-order valence-electron chi connectivity index (χ0n) is 18.8. The molecule has 0 unspecified atom stereocenters. The summed E-state index contributed by atoms with van der Waals surface area (Å²) in [6, 6.07) is 3.99. The first-order valence-corrected chi connectivity index (χ1v) is 10.4. The molecule has 0 radical (unpaired) electrons. The second kappa shape index (κ2) is 9.99. The summed E-state index contributed by atoms with van der Waals surface area (Å²) in [5.41, 5.74) is 2.45. The lowest BCUT2D eigenvalue weighted by Gasteiger charge is -2.32. The molecule has 1 rings (SSSR count). The van der Waals surface area contributed by atoms with Crippen molar-refractivity contribution in [3.8, 4) is 5.75 Å². The second-order valence-electron chi connectivity index (χ2n) is 8.74. The molecule has 0 heterocycles. The minimum absolute atomic E-state index is 0.00124. The van der Waals surface area contributed by atoms with Crippen LogP contribution in [0.25, 0.3) is 0 Å². The first-order chi connectivity index (χ1) is 13.0. The van der Waals surface area contributed by atoms with Gasteiger partial charge in [-0.1, -0.05) is 54.4 Å². The van der Waals surface area contributed by atoms with Gasteiger partial charge in [0.15, 0.2) is 5.76 Å². The Morgan fingerprint density at radius 3 is 1.82 bits per heavy atom. The summed E-state index contributed by atoms with van der Waals surface area (Å²) < 4.78 is 10.5. The van der Waals surface area contributed by atoms with Crippen LogP contribution in [0.1, 0.15) is 90.8 Å². The molecule has 1 aromatic carbocycles. The van der Waals surface area contributed by atoms with Gasteiger partial charge in [-0.15, -0.1) is 0 Å². The molecule has 0 atom stereocenters. The molecule has 0 aliphatic heterocycles. The lowest BCUT2D eigenvalue weighted by atomic mass is 9.73. The molecule has 0 aliphatic rings. The molecule has 0 spiro atoms. The molecule has 0 aliphatic carbocycles. The van der Waals surface area contributed by atoms with Crippen molar-refractivity contribution >= 4 is 5.97 Å². The van der Waals surface area contributed by atoms with Crippen molar-refractivity contribution in [2.75, 3.05) is 6.61 Å². The molecule has 0 saturated heterocycles. The van der Waals surface area contributed by atoms with Crippen LogP contribution in [-0.4, -0.2) is 17.7 Å². The van der Waals surface area contributed by atoms with Gasteiger partial charge >= 0.3 is 5.97 Å². The molecule has 0 amide bonds. The van der Waals surface area contributed by atoms with E-state index in [0.717, 1.165) is 42.4 Å². The topological polar surface area (TPSA) is 55.8 Å². The van der Waals surface area contributed by atoms with E-state index in [0.29, 0.717) is 5.75 Å². The number of phenolic OH excluding ortho intramolecular Hbond substituents is 1. The van der Waals surface area contributed by atoms with Crippen LogP contribution in [0.5, 0.6) is 5.75 Å². The van der Waals surface area contributed by atoms with Gasteiger partial charge in [0, 0.05) is 11.1 Å². The summed E-state index contributed by atoms with van der Waals surface area (Å²) in [7, 11) is 0. The van der Waals surface area contributed by atoms with E-state index in [1.54, 1.807) is 6.92 Å². The average Bonchev–Trinajstić information content (AvgIpc) is 2.60. The van der Waals surface area contributed by atoms with Crippen molar-refractivity contribution in [1.82, 2.24) is 0 Å². The summed E-state index contributed by atoms with van der Waals surface area (Å²) in [5.74, 6) is -0.164. The van der Waals surface area contributed by atoms with Gasteiger partial charge in [0.2, 0.25) is 0 Å². The van der Waals surface area contributed by atoms with E-state index in [4.69, 9.17) is 9.47 Å². The van der Waals surface area contributed by atoms with E-state index in [2.05, 4.69) is 48.1 Å². The Morgan fingerprint density at radius 2 is 1.43 bits per heavy atom. The SMILES string of the molecule is C=C(OCc1cc(C(C)(C)CCC)c(O)c(C(C)(C)CCC)c1)C(=O)OCC. The number of aromatic hydroxyl groups is 1. The van der Waals surface area contributed by atoms with Crippen LogP contribution in [0.2, 0.25) is 0 Å². The van der Waals surface area contributed by atoms with Crippen molar-refractivity contribution in [1.29, 1.82) is 0 Å². The van der Waals surface area contributed by atoms with E-state index in [1.165, 1.54) is 0 Å². The highest BCUT2D eigenvalue weighted by molar-refractivity contribution is 5.85. The van der Waals surface area contributed by atoms with E-state index in [1.807, 2.05) is 12.1 Å². The van der Waals surface area contributed by atoms with E-state index in [9.17, 15) is 9.90 Å². The standard InChI is InChI=1S/C24H38O4/c1-9-12-23(5,6)19-14-18(16-28-17(4)22(26)27-11-3)15-20(21(19)25)24(7,8)13-10-2/h14-15,25H,4,9-13,16H2,1-3,5-8H3. The summed E-state index contributed by atoms with van der Waals surface area (Å²) >= 11 is 0. The number of esters is 1. The van der Waals surface area contributed by atoms with Crippen LogP contribution in [0.3, 0.4) is 0 Å². The Bertz CT molecular complexity index is 647. The van der Waals surface area contributed by atoms with Crippen LogP contribution in [0.4, 0.5) is 0 Å². The van der Waals surface area contributed by atoms with Gasteiger partial charge in [0.1, 0.15) is 12.4 Å². The molecule has 0 aromatic heterocycles. The van der Waals surface area contributed by atoms with Gasteiger partial charge in [0.25, 0.3) is 0 Å². The third-order valence-electron chi connectivity index (χ3n) is 5.29. The fourth-order valence-corrected chi connectivity index (χ4v) is 3.77. The van der Waals surface area contributed by atoms with Gasteiger partial charge in [-0.2, -0.15) is 0 Å². The molecule has 1 aromatic rings. The van der Waals surface area contributed by atoms with Crippen LogP contribution in [0, 0.1) is 0 Å². The highest BCUT2D eigenvalue weighted by Gasteiger charge is 2.30. The Balaban J connectivity index is 3.33. The first kappa shape index (κ1) is 24.1. The van der Waals surface area contributed by atoms with Crippen LogP contribution in [-0.2, 0) is 31.7 Å². The highest BCUT2D eigenvalue weighted by atomic mass is 16.6. The summed E-state index contributed by atoms with van der Waals surface area (Å²) in [6.45, 7) is 18.8. The van der Waals surface area contributed by atoms with Gasteiger partial charge < -0.3 is 14.6 Å². The maximum absolute atomic E-state index is 11.8. The molecule has 4 heteroatoms. The fourth-order valence-electron chi connectivity index (χ4n) is 3.77. The Labute approximate surface area is 170 Å². The van der Waals surface area contributed by atoms with Crippen molar-refractivity contribution in [2.45, 2.75) is 91.6 Å². The first-order valence-electron chi connectivity index (χ1n) is 10.4. The fraction of sp³-hybridized carbons (Fsp3) is 0.625. The van der Waals surface area contributed by atoms with Gasteiger partial charge in [-0.3, -0.25) is 0 Å². The maximum atomic E-state index is 11.8. The molecule has 4 nitrogen and oxygen atoms in total. The van der Waals surface area contributed by atoms with Crippen molar-refractivity contribution in [2.24, 2.45) is 0 Å². The maximum Gasteiger partial charge on any atom is 0.372 e. The van der Waals surface area contributed by atoms with Gasteiger partial charge in [0.05, 0.1) is 6.61 Å². The van der Waals surface area contributed by atoms with E-state index in [-0.39, 0.29) is 29.8 Å². The third-order valence-corrected chi connectivity index (χ3v) is 5.29. The van der Waals surface area contributed by atoms with Gasteiger partial charge in [-0.05, 0) is 54.9 Å². The largest absolute Gasteiger partial charge is 0.507 e. The Hall–Kier alpha value is -1.97. The Kier molecular flexibility index (Phi) is 8.59. The lowest BCUT2D eigenvalue weighted by Crippen LogP contribution is -2.22. The Morgan fingerprint density at radius 1 is 0.964 bits per heavy atom. The number of carbonyl (C=O) groups is 1. The quantitative estimate of drug-likeness (QED) is 0.280. The lowest BCUT2D eigenvalue weighted by molar-refractivity contribution is -0.142. The van der Waals surface area contributed by atoms with E-state index >= 15 is 0 Å². The number of benzene rings is 1. The number of rotatable bonds is 11. The second-order valence-corrected chi connectivity index (χ2v) is 8.74. The third kappa shape index (κ3) is 6.02. The number of hydrogen-bond donors (Lipinski definition) is 1. The number of ether oxygens (including phenoxy) is 2. The molecular formula is C24H38O4. The zero-order chi connectivity index (χ0) is 21.5.